The van der Waals surface area contributed by atoms with Crippen LogP contribution >= 0.6 is 11.3 Å². The zero-order valence-corrected chi connectivity index (χ0v) is 12.8. The first-order valence-corrected chi connectivity index (χ1v) is 7.24. The van der Waals surface area contributed by atoms with Crippen LogP contribution in [0.25, 0.3) is 10.1 Å². The van der Waals surface area contributed by atoms with Gasteiger partial charge in [0.1, 0.15) is 10.6 Å². The summed E-state index contributed by atoms with van der Waals surface area (Å²) < 4.78 is 6.02. The summed E-state index contributed by atoms with van der Waals surface area (Å²) >= 11 is 1.23. The van der Waals surface area contributed by atoms with Crippen molar-refractivity contribution < 1.29 is 14.6 Å². The third kappa shape index (κ3) is 3.48. The summed E-state index contributed by atoms with van der Waals surface area (Å²) in [5.41, 5.74) is 12.1. The number of ether oxygens (including phenoxy) is 1. The minimum absolute atomic E-state index is 0.338. The van der Waals surface area contributed by atoms with Crippen LogP contribution in [-0.2, 0) is 0 Å². The van der Waals surface area contributed by atoms with Crippen molar-refractivity contribution in [2.75, 3.05) is 18.6 Å². The van der Waals surface area contributed by atoms with Crippen molar-refractivity contribution in [3.8, 4) is 5.75 Å². The maximum absolute atomic E-state index is 10.7. The van der Waals surface area contributed by atoms with Gasteiger partial charge in [-0.25, -0.2) is 4.79 Å². The molecule has 0 saturated heterocycles. The van der Waals surface area contributed by atoms with Crippen molar-refractivity contribution in [1.82, 2.24) is 0 Å². The van der Waals surface area contributed by atoms with Gasteiger partial charge in [-0.2, -0.15) is 0 Å². The Bertz CT molecular complexity index is 778. The lowest BCUT2D eigenvalue weighted by Gasteiger charge is -1.98. The smallest absolute Gasteiger partial charge is 0.345 e. The molecule has 3 aromatic rings. The summed E-state index contributed by atoms with van der Waals surface area (Å²) in [6, 6.07) is 14.5. The number of carbonyl (C=O) groups is 1. The Labute approximate surface area is 131 Å². The number of methoxy groups -OCH3 is 1. The van der Waals surface area contributed by atoms with Gasteiger partial charge in [-0.3, -0.25) is 0 Å². The van der Waals surface area contributed by atoms with Crippen LogP contribution in [0.15, 0.2) is 48.5 Å². The van der Waals surface area contributed by atoms with E-state index in [9.17, 15) is 4.79 Å². The molecule has 3 rings (SSSR count). The molecule has 22 heavy (non-hydrogen) atoms. The molecule has 114 valence electrons. The molecule has 0 spiro atoms. The summed E-state index contributed by atoms with van der Waals surface area (Å²) in [4.78, 5) is 11.1. The SMILES string of the molecule is COc1cccc2cc(C(=O)O)sc12.Nc1ccccc1N. The molecule has 1 aromatic heterocycles. The molecule has 5 nitrogen and oxygen atoms in total. The summed E-state index contributed by atoms with van der Waals surface area (Å²) in [7, 11) is 1.58. The number of para-hydroxylation sites is 2. The van der Waals surface area contributed by atoms with E-state index in [0.717, 1.165) is 15.8 Å². The second-order valence-electron chi connectivity index (χ2n) is 4.42. The average molecular weight is 316 g/mol. The topological polar surface area (TPSA) is 98.6 Å². The molecular weight excluding hydrogens is 300 g/mol. The monoisotopic (exact) mass is 316 g/mol. The fraction of sp³-hybridized carbons (Fsp3) is 0.0625. The normalized spacial score (nSPS) is 9.86. The molecule has 6 heteroatoms. The number of hydrogen-bond donors (Lipinski definition) is 3. The number of rotatable bonds is 2. The van der Waals surface area contributed by atoms with Crippen LogP contribution in [0.3, 0.4) is 0 Å². The van der Waals surface area contributed by atoms with Gasteiger partial charge in [0.15, 0.2) is 0 Å². The number of nitrogen functional groups attached to an aromatic ring is 2. The van der Waals surface area contributed by atoms with Crippen molar-refractivity contribution in [3.05, 3.63) is 53.4 Å². The van der Waals surface area contributed by atoms with E-state index in [2.05, 4.69) is 0 Å². The molecule has 0 aliphatic rings. The molecule has 2 aromatic carbocycles. The molecule has 0 saturated carbocycles. The van der Waals surface area contributed by atoms with Crippen molar-refractivity contribution in [2.45, 2.75) is 0 Å². The molecule has 0 fully saturated rings. The van der Waals surface area contributed by atoms with Crippen LogP contribution in [0.5, 0.6) is 5.75 Å². The van der Waals surface area contributed by atoms with Gasteiger partial charge in [0, 0.05) is 0 Å². The van der Waals surface area contributed by atoms with Crippen molar-refractivity contribution >= 4 is 38.8 Å². The average Bonchev–Trinajstić information content (AvgIpc) is 2.95. The zero-order valence-electron chi connectivity index (χ0n) is 11.9. The van der Waals surface area contributed by atoms with Crippen LogP contribution in [0, 0.1) is 0 Å². The summed E-state index contributed by atoms with van der Waals surface area (Å²) in [6.45, 7) is 0. The molecule has 0 amide bonds. The second-order valence-corrected chi connectivity index (χ2v) is 5.48. The predicted molar refractivity (Wildman–Crippen MR) is 90.6 cm³/mol. The Kier molecular flexibility index (Phi) is 4.85. The van der Waals surface area contributed by atoms with Crippen molar-refractivity contribution in [3.63, 3.8) is 0 Å². The molecule has 0 bridgehead atoms. The lowest BCUT2D eigenvalue weighted by atomic mass is 10.2. The quantitative estimate of drug-likeness (QED) is 0.629. The minimum atomic E-state index is -0.895. The number of nitrogens with two attached hydrogens (primary N) is 2. The maximum Gasteiger partial charge on any atom is 0.345 e. The van der Waals surface area contributed by atoms with Crippen molar-refractivity contribution in [1.29, 1.82) is 0 Å². The molecule has 5 N–H and O–H groups in total. The van der Waals surface area contributed by atoms with Crippen LogP contribution in [0.2, 0.25) is 0 Å². The Morgan fingerprint density at radius 2 is 1.73 bits per heavy atom. The Balaban J connectivity index is 0.000000188. The number of aromatic carboxylic acids is 1. The van der Waals surface area contributed by atoms with Crippen LogP contribution in [0.4, 0.5) is 11.4 Å². The number of fused-ring (bicyclic) bond motifs is 1. The molecule has 0 atom stereocenters. The minimum Gasteiger partial charge on any atom is -0.495 e. The second kappa shape index (κ2) is 6.82. The van der Waals surface area contributed by atoms with Gasteiger partial charge < -0.3 is 21.3 Å². The van der Waals surface area contributed by atoms with E-state index in [1.54, 1.807) is 25.3 Å². The molecule has 0 aliphatic carbocycles. The molecule has 0 radical (unpaired) electrons. The fourth-order valence-electron chi connectivity index (χ4n) is 1.81. The van der Waals surface area contributed by atoms with E-state index in [0.29, 0.717) is 16.3 Å². The summed E-state index contributed by atoms with van der Waals surface area (Å²) in [5.74, 6) is -0.173. The number of carboxylic acids is 1. The third-order valence-electron chi connectivity index (χ3n) is 2.93. The van der Waals surface area contributed by atoms with Gasteiger partial charge in [-0.1, -0.05) is 24.3 Å². The van der Waals surface area contributed by atoms with E-state index in [1.807, 2.05) is 30.3 Å². The third-order valence-corrected chi connectivity index (χ3v) is 4.09. The van der Waals surface area contributed by atoms with E-state index in [4.69, 9.17) is 21.3 Å². The van der Waals surface area contributed by atoms with Gasteiger partial charge >= 0.3 is 5.97 Å². The van der Waals surface area contributed by atoms with Crippen LogP contribution < -0.4 is 16.2 Å². The zero-order chi connectivity index (χ0) is 16.1. The van der Waals surface area contributed by atoms with Gasteiger partial charge in [-0.15, -0.1) is 11.3 Å². The Morgan fingerprint density at radius 1 is 1.09 bits per heavy atom. The van der Waals surface area contributed by atoms with E-state index >= 15 is 0 Å². The maximum atomic E-state index is 10.7. The number of anilines is 2. The van der Waals surface area contributed by atoms with Crippen LogP contribution in [0.1, 0.15) is 9.67 Å². The standard InChI is InChI=1S/C10H8O3S.C6H8N2/c1-13-7-4-2-3-6-5-8(10(11)12)14-9(6)7;7-5-3-1-2-4-6(5)8/h2-5H,1H3,(H,11,12);1-4H,7-8H2. The Hall–Kier alpha value is -2.73. The summed E-state index contributed by atoms with van der Waals surface area (Å²) in [6.07, 6.45) is 0. The van der Waals surface area contributed by atoms with E-state index in [1.165, 1.54) is 11.3 Å². The molecule has 0 aliphatic heterocycles. The van der Waals surface area contributed by atoms with Crippen LogP contribution in [-0.4, -0.2) is 18.2 Å². The Morgan fingerprint density at radius 3 is 2.23 bits per heavy atom. The largest absolute Gasteiger partial charge is 0.495 e. The number of benzene rings is 2. The van der Waals surface area contributed by atoms with E-state index in [-0.39, 0.29) is 0 Å². The first-order chi connectivity index (χ1) is 10.5. The predicted octanol–water partition coefficient (Wildman–Crippen LogP) is 3.46. The first-order valence-electron chi connectivity index (χ1n) is 6.42. The number of hydrogen-bond acceptors (Lipinski definition) is 5. The fourth-order valence-corrected chi connectivity index (χ4v) is 2.80. The first kappa shape index (κ1) is 15.7. The number of thiophene rings is 1. The van der Waals surface area contributed by atoms with Crippen molar-refractivity contribution in [2.24, 2.45) is 0 Å². The highest BCUT2D eigenvalue weighted by atomic mass is 32.1. The lowest BCUT2D eigenvalue weighted by molar-refractivity contribution is 0.0702. The van der Waals surface area contributed by atoms with E-state index < -0.39 is 5.97 Å². The molecule has 1 heterocycles. The highest BCUT2D eigenvalue weighted by Gasteiger charge is 2.10. The van der Waals surface area contributed by atoms with Gasteiger partial charge in [0.05, 0.1) is 23.2 Å². The lowest BCUT2D eigenvalue weighted by Crippen LogP contribution is -1.91. The van der Waals surface area contributed by atoms with Gasteiger partial charge in [0.25, 0.3) is 0 Å². The highest BCUT2D eigenvalue weighted by molar-refractivity contribution is 7.21. The molecule has 0 unspecified atom stereocenters. The number of carboxylic acid groups (broad SMARTS) is 1. The summed E-state index contributed by atoms with van der Waals surface area (Å²) in [5, 5.41) is 9.73. The molecular formula is C16H16N2O3S. The van der Waals surface area contributed by atoms with Gasteiger partial charge in [0.2, 0.25) is 0 Å². The van der Waals surface area contributed by atoms with Gasteiger partial charge in [-0.05, 0) is 29.7 Å². The highest BCUT2D eigenvalue weighted by Crippen LogP contribution is 2.33.